The summed E-state index contributed by atoms with van der Waals surface area (Å²) in [5.41, 5.74) is 4.27. The number of hydrogen-bond acceptors (Lipinski definition) is 3. The normalized spacial score (nSPS) is 11.8. The predicted octanol–water partition coefficient (Wildman–Crippen LogP) is 3.75. The minimum absolute atomic E-state index is 0.00174. The Bertz CT molecular complexity index is 871. The fourth-order valence-corrected chi connectivity index (χ4v) is 2.74. The molecule has 1 heterocycles. The first-order valence-electron chi connectivity index (χ1n) is 8.61. The molecule has 5 nitrogen and oxygen atoms in total. The van der Waals surface area contributed by atoms with E-state index in [0.29, 0.717) is 0 Å². The van der Waals surface area contributed by atoms with Crippen molar-refractivity contribution >= 4 is 5.91 Å². The first-order valence-corrected chi connectivity index (χ1v) is 8.61. The number of aromatic nitrogens is 2. The Morgan fingerprint density at radius 3 is 2.65 bits per heavy atom. The summed E-state index contributed by atoms with van der Waals surface area (Å²) >= 11 is 0. The Kier molecular flexibility index (Phi) is 5.37. The van der Waals surface area contributed by atoms with Gasteiger partial charge in [0.05, 0.1) is 12.4 Å². The van der Waals surface area contributed by atoms with Crippen molar-refractivity contribution < 1.29 is 9.53 Å². The largest absolute Gasteiger partial charge is 0.483 e. The van der Waals surface area contributed by atoms with E-state index in [0.717, 1.165) is 28.1 Å². The highest BCUT2D eigenvalue weighted by molar-refractivity contribution is 5.78. The Hall–Kier alpha value is -3.08. The number of hydrogen-bond donors (Lipinski definition) is 1. The SMILES string of the molecule is Cc1cccc(OCC(=O)N[C@H](C)c2ccc(-n3ccnc3)cc2)c1C. The zero-order valence-electron chi connectivity index (χ0n) is 15.3. The number of imidazole rings is 1. The summed E-state index contributed by atoms with van der Waals surface area (Å²) < 4.78 is 7.60. The molecule has 1 amide bonds. The van der Waals surface area contributed by atoms with Gasteiger partial charge in [-0.15, -0.1) is 0 Å². The van der Waals surface area contributed by atoms with Gasteiger partial charge in [0.15, 0.2) is 6.61 Å². The topological polar surface area (TPSA) is 56.1 Å². The number of nitrogens with one attached hydrogen (secondary N) is 1. The van der Waals surface area contributed by atoms with Crippen LogP contribution in [0.25, 0.3) is 5.69 Å². The molecule has 1 N–H and O–H groups in total. The summed E-state index contributed by atoms with van der Waals surface area (Å²) in [4.78, 5) is 16.2. The van der Waals surface area contributed by atoms with Crippen molar-refractivity contribution in [2.24, 2.45) is 0 Å². The molecule has 0 aliphatic rings. The summed E-state index contributed by atoms with van der Waals surface area (Å²) in [6.07, 6.45) is 5.39. The molecule has 0 aliphatic heterocycles. The van der Waals surface area contributed by atoms with Crippen LogP contribution >= 0.6 is 0 Å². The second kappa shape index (κ2) is 7.87. The van der Waals surface area contributed by atoms with Crippen LogP contribution in [0.4, 0.5) is 0 Å². The summed E-state index contributed by atoms with van der Waals surface area (Å²) in [5, 5.41) is 2.97. The smallest absolute Gasteiger partial charge is 0.258 e. The lowest BCUT2D eigenvalue weighted by Gasteiger charge is -2.16. The minimum Gasteiger partial charge on any atom is -0.483 e. The molecule has 5 heteroatoms. The maximum atomic E-state index is 12.2. The first-order chi connectivity index (χ1) is 12.5. The molecule has 0 bridgehead atoms. The summed E-state index contributed by atoms with van der Waals surface area (Å²) in [7, 11) is 0. The quantitative estimate of drug-likeness (QED) is 0.737. The Morgan fingerprint density at radius 1 is 1.19 bits per heavy atom. The van der Waals surface area contributed by atoms with E-state index in [9.17, 15) is 4.79 Å². The van der Waals surface area contributed by atoms with Gasteiger partial charge in [-0.3, -0.25) is 4.79 Å². The fourth-order valence-electron chi connectivity index (χ4n) is 2.74. The van der Waals surface area contributed by atoms with Crippen LogP contribution in [0.15, 0.2) is 61.2 Å². The Labute approximate surface area is 153 Å². The fraction of sp³-hybridized carbons (Fsp3) is 0.238. The van der Waals surface area contributed by atoms with Gasteiger partial charge in [0.1, 0.15) is 5.75 Å². The van der Waals surface area contributed by atoms with E-state index in [1.165, 1.54) is 0 Å². The highest BCUT2D eigenvalue weighted by atomic mass is 16.5. The molecule has 0 saturated carbocycles. The molecule has 2 aromatic carbocycles. The maximum absolute atomic E-state index is 12.2. The summed E-state index contributed by atoms with van der Waals surface area (Å²) in [6, 6.07) is 13.8. The third-order valence-corrected chi connectivity index (χ3v) is 4.49. The standard InChI is InChI=1S/C21H23N3O2/c1-15-5-4-6-20(16(15)2)26-13-21(25)23-17(3)18-7-9-19(10-8-18)24-12-11-22-14-24/h4-12,14,17H,13H2,1-3H3,(H,23,25)/t17-/m1/s1. The average molecular weight is 349 g/mol. The molecular weight excluding hydrogens is 326 g/mol. The molecule has 1 atom stereocenters. The average Bonchev–Trinajstić information content (AvgIpc) is 3.18. The second-order valence-electron chi connectivity index (χ2n) is 6.34. The number of nitrogens with zero attached hydrogens (tertiary/aromatic N) is 2. The van der Waals surface area contributed by atoms with Crippen molar-refractivity contribution in [3.8, 4) is 11.4 Å². The molecule has 0 aliphatic carbocycles. The van der Waals surface area contributed by atoms with Crippen LogP contribution in [-0.4, -0.2) is 22.1 Å². The van der Waals surface area contributed by atoms with E-state index in [-0.39, 0.29) is 18.6 Å². The van der Waals surface area contributed by atoms with Crippen LogP contribution in [0.1, 0.15) is 29.7 Å². The molecule has 0 spiro atoms. The van der Waals surface area contributed by atoms with Crippen molar-refractivity contribution in [1.29, 1.82) is 0 Å². The molecule has 26 heavy (non-hydrogen) atoms. The van der Waals surface area contributed by atoms with Crippen molar-refractivity contribution in [3.63, 3.8) is 0 Å². The Balaban J connectivity index is 1.56. The number of benzene rings is 2. The number of rotatable bonds is 6. The zero-order chi connectivity index (χ0) is 18.5. The van der Waals surface area contributed by atoms with Gasteiger partial charge in [0.25, 0.3) is 5.91 Å². The van der Waals surface area contributed by atoms with Gasteiger partial charge < -0.3 is 14.6 Å². The van der Waals surface area contributed by atoms with E-state index in [1.807, 2.05) is 74.0 Å². The lowest BCUT2D eigenvalue weighted by atomic mass is 10.1. The second-order valence-corrected chi connectivity index (χ2v) is 6.34. The molecule has 0 radical (unpaired) electrons. The molecule has 1 aromatic heterocycles. The summed E-state index contributed by atoms with van der Waals surface area (Å²) in [5.74, 6) is 0.606. The number of amides is 1. The van der Waals surface area contributed by atoms with Crippen molar-refractivity contribution in [2.75, 3.05) is 6.61 Å². The van der Waals surface area contributed by atoms with Crippen LogP contribution in [0.3, 0.4) is 0 Å². The molecule has 3 rings (SSSR count). The van der Waals surface area contributed by atoms with Crippen LogP contribution in [0.5, 0.6) is 5.75 Å². The number of ether oxygens (including phenoxy) is 1. The van der Waals surface area contributed by atoms with E-state index in [2.05, 4.69) is 10.3 Å². The van der Waals surface area contributed by atoms with Gasteiger partial charge in [0, 0.05) is 18.1 Å². The molecule has 0 unspecified atom stereocenters. The molecule has 3 aromatic rings. The number of carbonyl (C=O) groups is 1. The van der Waals surface area contributed by atoms with Crippen LogP contribution < -0.4 is 10.1 Å². The highest BCUT2D eigenvalue weighted by Gasteiger charge is 2.11. The maximum Gasteiger partial charge on any atom is 0.258 e. The number of carbonyl (C=O) groups excluding carboxylic acids is 1. The van der Waals surface area contributed by atoms with E-state index >= 15 is 0 Å². The predicted molar refractivity (Wildman–Crippen MR) is 102 cm³/mol. The van der Waals surface area contributed by atoms with Crippen LogP contribution in [0, 0.1) is 13.8 Å². The third-order valence-electron chi connectivity index (χ3n) is 4.49. The first kappa shape index (κ1) is 17.7. The lowest BCUT2D eigenvalue weighted by molar-refractivity contribution is -0.123. The lowest BCUT2D eigenvalue weighted by Crippen LogP contribution is -2.31. The van der Waals surface area contributed by atoms with Gasteiger partial charge in [-0.05, 0) is 55.7 Å². The molecule has 0 fully saturated rings. The number of aryl methyl sites for hydroxylation is 1. The van der Waals surface area contributed by atoms with Crippen molar-refractivity contribution in [1.82, 2.24) is 14.9 Å². The van der Waals surface area contributed by atoms with Gasteiger partial charge >= 0.3 is 0 Å². The van der Waals surface area contributed by atoms with E-state index < -0.39 is 0 Å². The van der Waals surface area contributed by atoms with Crippen LogP contribution in [0.2, 0.25) is 0 Å². The van der Waals surface area contributed by atoms with Gasteiger partial charge in [0.2, 0.25) is 0 Å². The van der Waals surface area contributed by atoms with Crippen molar-refractivity contribution in [3.05, 3.63) is 77.9 Å². The molecule has 0 saturated heterocycles. The van der Waals surface area contributed by atoms with Crippen LogP contribution in [-0.2, 0) is 4.79 Å². The van der Waals surface area contributed by atoms with Crippen molar-refractivity contribution in [2.45, 2.75) is 26.8 Å². The van der Waals surface area contributed by atoms with E-state index in [1.54, 1.807) is 12.5 Å². The van der Waals surface area contributed by atoms with Gasteiger partial charge in [-0.2, -0.15) is 0 Å². The van der Waals surface area contributed by atoms with Gasteiger partial charge in [-0.25, -0.2) is 4.98 Å². The molecular formula is C21H23N3O2. The highest BCUT2D eigenvalue weighted by Crippen LogP contribution is 2.20. The third kappa shape index (κ3) is 4.11. The van der Waals surface area contributed by atoms with E-state index in [4.69, 9.17) is 4.74 Å². The Morgan fingerprint density at radius 2 is 1.96 bits per heavy atom. The summed E-state index contributed by atoms with van der Waals surface area (Å²) in [6.45, 7) is 5.98. The van der Waals surface area contributed by atoms with Gasteiger partial charge in [-0.1, -0.05) is 24.3 Å². The minimum atomic E-state index is -0.142. The monoisotopic (exact) mass is 349 g/mol. The molecule has 134 valence electrons. The zero-order valence-corrected chi connectivity index (χ0v) is 15.3.